The maximum absolute atomic E-state index is 12.1. The molecule has 0 bridgehead atoms. The summed E-state index contributed by atoms with van der Waals surface area (Å²) in [6.07, 6.45) is 2.23. The number of hydrogen-bond donors (Lipinski definition) is 1. The summed E-state index contributed by atoms with van der Waals surface area (Å²) < 4.78 is 0. The summed E-state index contributed by atoms with van der Waals surface area (Å²) in [6.45, 7) is 12.0. The first kappa shape index (κ1) is 18.2. The van der Waals surface area contributed by atoms with E-state index in [4.69, 9.17) is 0 Å². The van der Waals surface area contributed by atoms with Crippen molar-refractivity contribution in [2.45, 2.75) is 40.5 Å². The maximum atomic E-state index is 12.1. The summed E-state index contributed by atoms with van der Waals surface area (Å²) in [5, 5.41) is 3.04. The van der Waals surface area contributed by atoms with Crippen LogP contribution in [0, 0.1) is 11.8 Å². The van der Waals surface area contributed by atoms with Crippen LogP contribution in [0.1, 0.15) is 40.5 Å². The standard InChI is InChI=1S/C15H33N3O/c1-13(2)8-7-9-16-15(19)18(12-14(3)4)11-10-17(5)6/h13-14H,7-12H2,1-6H3,(H,16,19). The Bertz CT molecular complexity index is 240. The highest BCUT2D eigenvalue weighted by atomic mass is 16.2. The summed E-state index contributed by atoms with van der Waals surface area (Å²) in [5.41, 5.74) is 0. The smallest absolute Gasteiger partial charge is 0.317 e. The molecule has 0 rings (SSSR count). The third-order valence-electron chi connectivity index (χ3n) is 2.92. The third-order valence-corrected chi connectivity index (χ3v) is 2.92. The van der Waals surface area contributed by atoms with Gasteiger partial charge in [0.15, 0.2) is 0 Å². The highest BCUT2D eigenvalue weighted by Gasteiger charge is 2.14. The number of carbonyl (C=O) groups is 1. The van der Waals surface area contributed by atoms with Gasteiger partial charge in [-0.05, 0) is 38.8 Å². The van der Waals surface area contributed by atoms with Gasteiger partial charge in [0.2, 0.25) is 0 Å². The van der Waals surface area contributed by atoms with E-state index in [0.29, 0.717) is 11.8 Å². The minimum absolute atomic E-state index is 0.0827. The molecule has 0 saturated heterocycles. The van der Waals surface area contributed by atoms with Crippen LogP contribution in [0.3, 0.4) is 0 Å². The van der Waals surface area contributed by atoms with Gasteiger partial charge in [-0.25, -0.2) is 4.79 Å². The first-order chi connectivity index (χ1) is 8.82. The molecule has 0 heterocycles. The van der Waals surface area contributed by atoms with Crippen LogP contribution in [0.5, 0.6) is 0 Å². The Hall–Kier alpha value is -0.770. The van der Waals surface area contributed by atoms with Crippen LogP contribution >= 0.6 is 0 Å². The van der Waals surface area contributed by atoms with E-state index < -0.39 is 0 Å². The van der Waals surface area contributed by atoms with Gasteiger partial charge in [-0.3, -0.25) is 0 Å². The molecule has 0 aromatic heterocycles. The molecule has 0 aliphatic carbocycles. The van der Waals surface area contributed by atoms with Gasteiger partial charge >= 0.3 is 6.03 Å². The van der Waals surface area contributed by atoms with Crippen LogP contribution in [0.25, 0.3) is 0 Å². The first-order valence-corrected chi connectivity index (χ1v) is 7.50. The lowest BCUT2D eigenvalue weighted by Crippen LogP contribution is -2.45. The number of nitrogens with one attached hydrogen (secondary N) is 1. The molecule has 1 N–H and O–H groups in total. The molecule has 2 amide bonds. The molecule has 0 atom stereocenters. The Labute approximate surface area is 119 Å². The lowest BCUT2D eigenvalue weighted by Gasteiger charge is -2.26. The van der Waals surface area contributed by atoms with Gasteiger partial charge in [0, 0.05) is 26.2 Å². The molecule has 0 fully saturated rings. The van der Waals surface area contributed by atoms with Crippen molar-refractivity contribution < 1.29 is 4.79 Å². The highest BCUT2D eigenvalue weighted by molar-refractivity contribution is 5.74. The SMILES string of the molecule is CC(C)CCCNC(=O)N(CCN(C)C)CC(C)C. The molecule has 0 radical (unpaired) electrons. The van der Waals surface area contributed by atoms with Gasteiger partial charge in [-0.15, -0.1) is 0 Å². The van der Waals surface area contributed by atoms with Gasteiger partial charge in [-0.2, -0.15) is 0 Å². The predicted octanol–water partition coefficient (Wildman–Crippen LogP) is 2.65. The van der Waals surface area contributed by atoms with Gasteiger partial charge in [0.1, 0.15) is 0 Å². The lowest BCUT2D eigenvalue weighted by molar-refractivity contribution is 0.184. The summed E-state index contributed by atoms with van der Waals surface area (Å²) in [7, 11) is 4.07. The van der Waals surface area contributed by atoms with Crippen molar-refractivity contribution >= 4 is 6.03 Å². The molecule has 4 nitrogen and oxygen atoms in total. The van der Waals surface area contributed by atoms with Crippen molar-refractivity contribution in [2.24, 2.45) is 11.8 Å². The number of rotatable bonds is 9. The van der Waals surface area contributed by atoms with E-state index in [1.807, 2.05) is 19.0 Å². The van der Waals surface area contributed by atoms with Crippen molar-refractivity contribution in [1.29, 1.82) is 0 Å². The second-order valence-corrected chi connectivity index (χ2v) is 6.41. The second kappa shape index (κ2) is 10.1. The van der Waals surface area contributed by atoms with E-state index in [0.717, 1.165) is 32.6 Å². The number of nitrogens with zero attached hydrogens (tertiary/aromatic N) is 2. The fourth-order valence-corrected chi connectivity index (χ4v) is 1.85. The molecule has 0 aliphatic rings. The third kappa shape index (κ3) is 10.8. The molecule has 19 heavy (non-hydrogen) atoms. The van der Waals surface area contributed by atoms with Crippen molar-refractivity contribution in [1.82, 2.24) is 15.1 Å². The Balaban J connectivity index is 4.07. The zero-order chi connectivity index (χ0) is 14.8. The summed E-state index contributed by atoms with van der Waals surface area (Å²) in [5.74, 6) is 1.21. The maximum Gasteiger partial charge on any atom is 0.317 e. The first-order valence-electron chi connectivity index (χ1n) is 7.50. The van der Waals surface area contributed by atoms with E-state index in [2.05, 4.69) is 37.9 Å². The molecular formula is C15H33N3O. The van der Waals surface area contributed by atoms with Crippen molar-refractivity contribution in [3.05, 3.63) is 0 Å². The van der Waals surface area contributed by atoms with Crippen LogP contribution in [0.4, 0.5) is 4.79 Å². The molecule has 4 heteroatoms. The van der Waals surface area contributed by atoms with E-state index in [1.54, 1.807) is 0 Å². The number of urea groups is 1. The van der Waals surface area contributed by atoms with Gasteiger partial charge in [0.05, 0.1) is 0 Å². The molecule has 0 spiro atoms. The molecule has 0 aromatic rings. The minimum Gasteiger partial charge on any atom is -0.338 e. The average Bonchev–Trinajstić information content (AvgIpc) is 2.28. The lowest BCUT2D eigenvalue weighted by atomic mass is 10.1. The van der Waals surface area contributed by atoms with Gasteiger partial charge < -0.3 is 15.1 Å². The predicted molar refractivity (Wildman–Crippen MR) is 82.4 cm³/mol. The summed E-state index contributed by atoms with van der Waals surface area (Å²) in [4.78, 5) is 16.2. The molecule has 0 aliphatic heterocycles. The van der Waals surface area contributed by atoms with Crippen LogP contribution < -0.4 is 5.32 Å². The van der Waals surface area contributed by atoms with E-state index >= 15 is 0 Å². The number of hydrogen-bond acceptors (Lipinski definition) is 2. The number of carbonyl (C=O) groups excluding carboxylic acids is 1. The highest BCUT2D eigenvalue weighted by Crippen LogP contribution is 2.03. The van der Waals surface area contributed by atoms with Crippen LogP contribution in [-0.4, -0.2) is 56.1 Å². The topological polar surface area (TPSA) is 35.6 Å². The molecule has 0 unspecified atom stereocenters. The van der Waals surface area contributed by atoms with E-state index in [1.165, 1.54) is 6.42 Å². The van der Waals surface area contributed by atoms with Crippen molar-refractivity contribution in [3.8, 4) is 0 Å². The quantitative estimate of drug-likeness (QED) is 0.654. The van der Waals surface area contributed by atoms with Crippen molar-refractivity contribution in [3.63, 3.8) is 0 Å². The zero-order valence-corrected chi connectivity index (χ0v) is 13.7. The number of likely N-dealkylation sites (N-methyl/N-ethyl adjacent to an activating group) is 1. The Kier molecular flexibility index (Phi) is 9.66. The summed E-state index contributed by atoms with van der Waals surface area (Å²) >= 11 is 0. The largest absolute Gasteiger partial charge is 0.338 e. The minimum atomic E-state index is 0.0827. The zero-order valence-electron chi connectivity index (χ0n) is 13.7. The summed E-state index contributed by atoms with van der Waals surface area (Å²) in [6, 6.07) is 0.0827. The van der Waals surface area contributed by atoms with E-state index in [-0.39, 0.29) is 6.03 Å². The van der Waals surface area contributed by atoms with Crippen LogP contribution in [-0.2, 0) is 0 Å². The molecule has 0 saturated carbocycles. The fraction of sp³-hybridized carbons (Fsp3) is 0.933. The Morgan fingerprint density at radius 3 is 2.16 bits per heavy atom. The number of amides is 2. The Morgan fingerprint density at radius 1 is 1.05 bits per heavy atom. The van der Waals surface area contributed by atoms with Crippen molar-refractivity contribution in [2.75, 3.05) is 40.3 Å². The van der Waals surface area contributed by atoms with Gasteiger partial charge in [0.25, 0.3) is 0 Å². The molecule has 114 valence electrons. The Morgan fingerprint density at radius 2 is 1.68 bits per heavy atom. The monoisotopic (exact) mass is 271 g/mol. The van der Waals surface area contributed by atoms with Crippen LogP contribution in [0.15, 0.2) is 0 Å². The normalized spacial score (nSPS) is 11.4. The van der Waals surface area contributed by atoms with Gasteiger partial charge in [-0.1, -0.05) is 27.7 Å². The van der Waals surface area contributed by atoms with Crippen LogP contribution in [0.2, 0.25) is 0 Å². The molecular weight excluding hydrogens is 238 g/mol. The average molecular weight is 271 g/mol. The fourth-order valence-electron chi connectivity index (χ4n) is 1.85. The molecule has 0 aromatic carbocycles. The van der Waals surface area contributed by atoms with E-state index in [9.17, 15) is 4.79 Å². The second-order valence-electron chi connectivity index (χ2n) is 6.41.